The Morgan fingerprint density at radius 2 is 1.69 bits per heavy atom. The summed E-state index contributed by atoms with van der Waals surface area (Å²) >= 11 is 6.01. The van der Waals surface area contributed by atoms with E-state index in [2.05, 4.69) is 5.32 Å². The summed E-state index contributed by atoms with van der Waals surface area (Å²) in [6.07, 6.45) is 2.13. The van der Waals surface area contributed by atoms with Crippen molar-refractivity contribution >= 4 is 39.1 Å². The number of nitrogens with one attached hydrogen (secondary N) is 1. The van der Waals surface area contributed by atoms with E-state index in [1.54, 1.807) is 48.5 Å². The molecule has 2 rings (SSSR count). The predicted octanol–water partition coefficient (Wildman–Crippen LogP) is 3.84. The summed E-state index contributed by atoms with van der Waals surface area (Å²) in [7, 11) is -2.41. The Morgan fingerprint density at radius 3 is 2.23 bits per heavy atom. The van der Waals surface area contributed by atoms with Gasteiger partial charge in [0, 0.05) is 17.6 Å². The second kappa shape index (κ2) is 12.8. The highest BCUT2D eigenvalue weighted by Gasteiger charge is 2.32. The molecule has 0 saturated carbocycles. The highest BCUT2D eigenvalue weighted by molar-refractivity contribution is 7.92. The molecule has 0 radical (unpaired) electrons. The summed E-state index contributed by atoms with van der Waals surface area (Å²) in [6.45, 7) is 5.30. The van der Waals surface area contributed by atoms with Gasteiger partial charge in [-0.3, -0.25) is 13.9 Å². The van der Waals surface area contributed by atoms with Gasteiger partial charge in [0.25, 0.3) is 0 Å². The van der Waals surface area contributed by atoms with Gasteiger partial charge < -0.3 is 15.0 Å². The molecule has 0 heterocycles. The molecule has 0 aromatic heterocycles. The molecule has 0 saturated heterocycles. The maximum Gasteiger partial charge on any atom is 0.244 e. The Labute approximate surface area is 213 Å². The van der Waals surface area contributed by atoms with E-state index < -0.39 is 28.5 Å². The van der Waals surface area contributed by atoms with E-state index in [9.17, 15) is 18.0 Å². The first-order valence-corrected chi connectivity index (χ1v) is 13.7. The van der Waals surface area contributed by atoms with E-state index >= 15 is 0 Å². The normalized spacial score (nSPS) is 13.0. The maximum atomic E-state index is 13.7. The van der Waals surface area contributed by atoms with Crippen molar-refractivity contribution < 1.29 is 22.7 Å². The fourth-order valence-electron chi connectivity index (χ4n) is 3.58. The topological polar surface area (TPSA) is 96.0 Å². The average Bonchev–Trinajstić information content (AvgIpc) is 2.82. The summed E-state index contributed by atoms with van der Waals surface area (Å²) in [5.41, 5.74) is 1.01. The minimum absolute atomic E-state index is 0.0647. The Bertz CT molecular complexity index is 1110. The minimum Gasteiger partial charge on any atom is -0.495 e. The lowest BCUT2D eigenvalue weighted by atomic mass is 10.1. The van der Waals surface area contributed by atoms with Crippen LogP contribution in [0.4, 0.5) is 5.69 Å². The van der Waals surface area contributed by atoms with Crippen molar-refractivity contribution in [1.29, 1.82) is 0 Å². The monoisotopic (exact) mass is 523 g/mol. The van der Waals surface area contributed by atoms with E-state index in [0.29, 0.717) is 17.2 Å². The lowest BCUT2D eigenvalue weighted by molar-refractivity contribution is -0.140. The molecule has 2 aromatic rings. The maximum absolute atomic E-state index is 13.7. The van der Waals surface area contributed by atoms with Gasteiger partial charge in [-0.1, -0.05) is 49.7 Å². The third-order valence-corrected chi connectivity index (χ3v) is 7.06. The van der Waals surface area contributed by atoms with Crippen LogP contribution in [0.5, 0.6) is 5.75 Å². The van der Waals surface area contributed by atoms with E-state index in [1.165, 1.54) is 12.0 Å². The van der Waals surface area contributed by atoms with Gasteiger partial charge in [-0.15, -0.1) is 0 Å². The molecular formula is C25H34ClN3O5S. The molecule has 10 heteroatoms. The number of halogens is 1. The summed E-state index contributed by atoms with van der Waals surface area (Å²) in [5.74, 6) is -0.480. The van der Waals surface area contributed by atoms with Gasteiger partial charge in [-0.25, -0.2) is 8.42 Å². The minimum atomic E-state index is -3.85. The third-order valence-electron chi connectivity index (χ3n) is 5.69. The zero-order valence-corrected chi connectivity index (χ0v) is 22.4. The summed E-state index contributed by atoms with van der Waals surface area (Å²) < 4.78 is 31.8. The van der Waals surface area contributed by atoms with Gasteiger partial charge in [0.1, 0.15) is 18.3 Å². The second-order valence-corrected chi connectivity index (χ2v) is 10.7. The predicted molar refractivity (Wildman–Crippen MR) is 139 cm³/mol. The molecule has 0 unspecified atom stereocenters. The van der Waals surface area contributed by atoms with Crippen LogP contribution in [0, 0.1) is 0 Å². The Hall–Kier alpha value is -2.78. The van der Waals surface area contributed by atoms with Gasteiger partial charge in [-0.05, 0) is 49.6 Å². The molecule has 0 bridgehead atoms. The largest absolute Gasteiger partial charge is 0.495 e. The number of amides is 2. The van der Waals surface area contributed by atoms with Crippen LogP contribution in [0.2, 0.25) is 5.02 Å². The van der Waals surface area contributed by atoms with Gasteiger partial charge in [0.15, 0.2) is 0 Å². The van der Waals surface area contributed by atoms with Crippen LogP contribution in [0.3, 0.4) is 0 Å². The Balaban J connectivity index is 2.46. The van der Waals surface area contributed by atoms with Crippen molar-refractivity contribution in [3.05, 3.63) is 59.1 Å². The number of carbonyl (C=O) groups excluding carboxylic acids is 2. The van der Waals surface area contributed by atoms with Crippen LogP contribution >= 0.6 is 11.6 Å². The van der Waals surface area contributed by atoms with Crippen molar-refractivity contribution in [2.24, 2.45) is 0 Å². The molecule has 1 N–H and O–H groups in total. The zero-order chi connectivity index (χ0) is 26.2. The van der Waals surface area contributed by atoms with Crippen LogP contribution in [-0.4, -0.2) is 57.1 Å². The number of sulfonamides is 1. The second-order valence-electron chi connectivity index (χ2n) is 8.33. The quantitative estimate of drug-likeness (QED) is 0.456. The van der Waals surface area contributed by atoms with Crippen molar-refractivity contribution in [3.63, 3.8) is 0 Å². The summed E-state index contributed by atoms with van der Waals surface area (Å²) in [6, 6.07) is 12.7. The molecule has 8 nitrogen and oxygen atoms in total. The number of anilines is 1. The average molecular weight is 524 g/mol. The zero-order valence-electron chi connectivity index (χ0n) is 20.8. The number of hydrogen-bond acceptors (Lipinski definition) is 5. The van der Waals surface area contributed by atoms with Crippen LogP contribution in [-0.2, 0) is 26.2 Å². The van der Waals surface area contributed by atoms with Crippen molar-refractivity contribution in [2.75, 3.05) is 24.2 Å². The number of hydrogen-bond donors (Lipinski definition) is 1. The molecule has 0 aliphatic heterocycles. The molecule has 0 aliphatic carbocycles. The Kier molecular flexibility index (Phi) is 10.4. The van der Waals surface area contributed by atoms with E-state index in [0.717, 1.165) is 22.5 Å². The first kappa shape index (κ1) is 28.5. The molecule has 2 atom stereocenters. The van der Waals surface area contributed by atoms with Crippen LogP contribution in [0.25, 0.3) is 0 Å². The number of methoxy groups -OCH3 is 1. The van der Waals surface area contributed by atoms with Gasteiger partial charge >= 0.3 is 0 Å². The molecule has 2 aromatic carbocycles. The summed E-state index contributed by atoms with van der Waals surface area (Å²) in [4.78, 5) is 28.2. The van der Waals surface area contributed by atoms with Crippen LogP contribution in [0.15, 0.2) is 48.5 Å². The van der Waals surface area contributed by atoms with Crippen LogP contribution < -0.4 is 14.4 Å². The van der Waals surface area contributed by atoms with E-state index in [4.69, 9.17) is 16.3 Å². The molecule has 0 aliphatic rings. The first-order chi connectivity index (χ1) is 16.5. The standard InChI is InChI=1S/C25H34ClN3O5S/c1-6-18(3)27-25(31)21(7-2)28(16-19-12-14-20(26)15-13-19)24(30)17-29(35(5,32)33)22-10-8-9-11-23(22)34-4/h8-15,18,21H,6-7,16-17H2,1-5H3,(H,27,31)/t18-,21-/m0/s1. The lowest BCUT2D eigenvalue weighted by Gasteiger charge is -2.33. The smallest absolute Gasteiger partial charge is 0.244 e. The number of ether oxygens (including phenoxy) is 1. The lowest BCUT2D eigenvalue weighted by Crippen LogP contribution is -2.53. The van der Waals surface area contributed by atoms with Crippen molar-refractivity contribution in [2.45, 2.75) is 52.2 Å². The first-order valence-electron chi connectivity index (χ1n) is 11.5. The SMILES string of the molecule is CC[C@H](C)NC(=O)[C@H](CC)N(Cc1ccc(Cl)cc1)C(=O)CN(c1ccccc1OC)S(C)(=O)=O. The molecule has 192 valence electrons. The molecule has 0 spiro atoms. The van der Waals surface area contributed by atoms with E-state index in [-0.39, 0.29) is 24.2 Å². The van der Waals surface area contributed by atoms with Gasteiger partial charge in [-0.2, -0.15) is 0 Å². The number of carbonyl (C=O) groups is 2. The van der Waals surface area contributed by atoms with Crippen molar-refractivity contribution in [3.8, 4) is 5.75 Å². The van der Waals surface area contributed by atoms with Gasteiger partial charge in [0.2, 0.25) is 21.8 Å². The molecule has 2 amide bonds. The summed E-state index contributed by atoms with van der Waals surface area (Å²) in [5, 5.41) is 3.49. The number of benzene rings is 2. The third kappa shape index (κ3) is 7.86. The van der Waals surface area contributed by atoms with Crippen molar-refractivity contribution in [1.82, 2.24) is 10.2 Å². The van der Waals surface area contributed by atoms with E-state index in [1.807, 2.05) is 20.8 Å². The number of rotatable bonds is 12. The number of para-hydroxylation sites is 2. The Morgan fingerprint density at radius 1 is 1.06 bits per heavy atom. The number of nitrogens with zero attached hydrogens (tertiary/aromatic N) is 2. The highest BCUT2D eigenvalue weighted by Crippen LogP contribution is 2.29. The van der Waals surface area contributed by atoms with Gasteiger partial charge in [0.05, 0.1) is 19.1 Å². The molecular weight excluding hydrogens is 490 g/mol. The highest BCUT2D eigenvalue weighted by atomic mass is 35.5. The fraction of sp³-hybridized carbons (Fsp3) is 0.440. The molecule has 0 fully saturated rings. The molecule has 35 heavy (non-hydrogen) atoms. The van der Waals surface area contributed by atoms with Crippen LogP contribution in [0.1, 0.15) is 39.2 Å². The fourth-order valence-corrected chi connectivity index (χ4v) is 4.56.